The number of nitrogen functional groups attached to an aromatic ring is 1. The smallest absolute Gasteiger partial charge is 0.141 e. The maximum absolute atomic E-state index is 7.49. The molecule has 0 saturated carbocycles. The largest absolute Gasteiger partial charge is 0.382 e. The van der Waals surface area contributed by atoms with Gasteiger partial charge in [0, 0.05) is 19.6 Å². The third-order valence-electron chi connectivity index (χ3n) is 4.66. The number of likely N-dealkylation sites (tertiary alicyclic amines) is 1. The molecule has 21 heavy (non-hydrogen) atoms. The third-order valence-corrected chi connectivity index (χ3v) is 4.66. The standard InChI is InChI=1S/C16H25N5/c17-16(18)14-4-3-5-15(19-14)21-10-6-13(7-11-21)12-20-8-1-2-9-20/h3-5,13H,1-2,6-12H2,(H3,17,18). The van der Waals surface area contributed by atoms with Crippen molar-refractivity contribution in [3.63, 3.8) is 0 Å². The first-order valence-electron chi connectivity index (χ1n) is 8.01. The van der Waals surface area contributed by atoms with Crippen LogP contribution >= 0.6 is 0 Å². The summed E-state index contributed by atoms with van der Waals surface area (Å²) in [4.78, 5) is 9.44. The summed E-state index contributed by atoms with van der Waals surface area (Å²) in [7, 11) is 0. The number of nitrogens with one attached hydrogen (secondary N) is 1. The summed E-state index contributed by atoms with van der Waals surface area (Å²) >= 11 is 0. The van der Waals surface area contributed by atoms with Gasteiger partial charge in [-0.2, -0.15) is 0 Å². The molecule has 5 heteroatoms. The number of hydrogen-bond acceptors (Lipinski definition) is 4. The van der Waals surface area contributed by atoms with Crippen LogP contribution in [0.15, 0.2) is 18.2 Å². The van der Waals surface area contributed by atoms with Crippen molar-refractivity contribution in [2.24, 2.45) is 11.7 Å². The molecule has 2 fully saturated rings. The van der Waals surface area contributed by atoms with Gasteiger partial charge in [0.2, 0.25) is 0 Å². The van der Waals surface area contributed by atoms with E-state index in [1.807, 2.05) is 12.1 Å². The number of rotatable bonds is 4. The van der Waals surface area contributed by atoms with E-state index >= 15 is 0 Å². The van der Waals surface area contributed by atoms with E-state index in [1.54, 1.807) is 6.07 Å². The Morgan fingerprint density at radius 2 is 1.90 bits per heavy atom. The molecule has 5 nitrogen and oxygen atoms in total. The zero-order valence-corrected chi connectivity index (χ0v) is 12.6. The molecule has 0 spiro atoms. The number of hydrogen-bond donors (Lipinski definition) is 2. The van der Waals surface area contributed by atoms with E-state index in [4.69, 9.17) is 11.1 Å². The Labute approximate surface area is 126 Å². The van der Waals surface area contributed by atoms with Crippen LogP contribution in [0.5, 0.6) is 0 Å². The molecule has 1 aromatic heterocycles. The number of anilines is 1. The van der Waals surface area contributed by atoms with Gasteiger partial charge in [-0.15, -0.1) is 0 Å². The van der Waals surface area contributed by atoms with Crippen LogP contribution in [0.1, 0.15) is 31.4 Å². The Hall–Kier alpha value is -1.62. The highest BCUT2D eigenvalue weighted by Gasteiger charge is 2.23. The highest BCUT2D eigenvalue weighted by molar-refractivity contribution is 5.93. The van der Waals surface area contributed by atoms with Gasteiger partial charge < -0.3 is 15.5 Å². The van der Waals surface area contributed by atoms with E-state index in [0.29, 0.717) is 5.69 Å². The number of aromatic nitrogens is 1. The van der Waals surface area contributed by atoms with Gasteiger partial charge in [0.25, 0.3) is 0 Å². The van der Waals surface area contributed by atoms with Crippen LogP contribution in [0.25, 0.3) is 0 Å². The zero-order chi connectivity index (χ0) is 14.7. The average Bonchev–Trinajstić information content (AvgIpc) is 3.01. The zero-order valence-electron chi connectivity index (χ0n) is 12.6. The van der Waals surface area contributed by atoms with Gasteiger partial charge in [-0.05, 0) is 56.8 Å². The summed E-state index contributed by atoms with van der Waals surface area (Å²) in [5.74, 6) is 1.83. The summed E-state index contributed by atoms with van der Waals surface area (Å²) in [5, 5.41) is 7.49. The molecule has 3 heterocycles. The Balaban J connectivity index is 1.55. The Morgan fingerprint density at radius 3 is 2.57 bits per heavy atom. The molecule has 0 radical (unpaired) electrons. The second-order valence-electron chi connectivity index (χ2n) is 6.23. The molecule has 2 aliphatic rings. The molecule has 2 saturated heterocycles. The Bertz CT molecular complexity index is 487. The van der Waals surface area contributed by atoms with E-state index in [-0.39, 0.29) is 5.84 Å². The normalized spacial score (nSPS) is 20.9. The lowest BCUT2D eigenvalue weighted by Crippen LogP contribution is -2.38. The number of pyridine rings is 1. The summed E-state index contributed by atoms with van der Waals surface area (Å²) in [6.45, 7) is 5.99. The van der Waals surface area contributed by atoms with E-state index in [9.17, 15) is 0 Å². The first-order valence-corrected chi connectivity index (χ1v) is 8.01. The fraction of sp³-hybridized carbons (Fsp3) is 0.625. The SMILES string of the molecule is N=C(N)c1cccc(N2CCC(CN3CCCC3)CC2)n1. The molecule has 114 valence electrons. The molecule has 0 atom stereocenters. The molecular formula is C16H25N5. The van der Waals surface area contributed by atoms with Crippen LogP contribution in [-0.4, -0.2) is 48.4 Å². The van der Waals surface area contributed by atoms with Gasteiger partial charge in [-0.3, -0.25) is 5.41 Å². The van der Waals surface area contributed by atoms with Crippen LogP contribution in [0.4, 0.5) is 5.82 Å². The molecule has 0 amide bonds. The van der Waals surface area contributed by atoms with Crippen molar-refractivity contribution in [1.29, 1.82) is 5.41 Å². The Kier molecular flexibility index (Phi) is 4.39. The topological polar surface area (TPSA) is 69.2 Å². The fourth-order valence-electron chi connectivity index (χ4n) is 3.42. The first-order chi connectivity index (χ1) is 10.2. The van der Waals surface area contributed by atoms with Crippen molar-refractivity contribution in [3.05, 3.63) is 23.9 Å². The molecule has 0 bridgehead atoms. The first kappa shape index (κ1) is 14.3. The highest BCUT2D eigenvalue weighted by atomic mass is 15.2. The molecule has 1 aromatic rings. The van der Waals surface area contributed by atoms with Gasteiger partial charge in [0.15, 0.2) is 0 Å². The minimum Gasteiger partial charge on any atom is -0.382 e. The summed E-state index contributed by atoms with van der Waals surface area (Å²) in [5.41, 5.74) is 6.10. The molecule has 2 aliphatic heterocycles. The molecule has 3 rings (SSSR count). The quantitative estimate of drug-likeness (QED) is 0.653. The predicted octanol–water partition coefficient (Wildman–Crippen LogP) is 1.68. The summed E-state index contributed by atoms with van der Waals surface area (Å²) < 4.78 is 0. The maximum Gasteiger partial charge on any atom is 0.141 e. The van der Waals surface area contributed by atoms with Crippen LogP contribution in [0, 0.1) is 11.3 Å². The van der Waals surface area contributed by atoms with Crippen molar-refractivity contribution >= 4 is 11.7 Å². The van der Waals surface area contributed by atoms with Crippen LogP contribution in [-0.2, 0) is 0 Å². The minimum absolute atomic E-state index is 0.0424. The lowest BCUT2D eigenvalue weighted by Gasteiger charge is -2.34. The van der Waals surface area contributed by atoms with Gasteiger partial charge >= 0.3 is 0 Å². The van der Waals surface area contributed by atoms with Crippen molar-refractivity contribution in [3.8, 4) is 0 Å². The maximum atomic E-state index is 7.49. The van der Waals surface area contributed by atoms with Crippen LogP contribution in [0.3, 0.4) is 0 Å². The molecule has 0 aromatic carbocycles. The van der Waals surface area contributed by atoms with E-state index in [1.165, 1.54) is 45.3 Å². The van der Waals surface area contributed by atoms with Gasteiger partial charge in [-0.1, -0.05) is 6.07 Å². The number of nitrogens with two attached hydrogens (primary N) is 1. The summed E-state index contributed by atoms with van der Waals surface area (Å²) in [6, 6.07) is 5.76. The van der Waals surface area contributed by atoms with Gasteiger partial charge in [-0.25, -0.2) is 4.98 Å². The lowest BCUT2D eigenvalue weighted by atomic mass is 9.96. The van der Waals surface area contributed by atoms with Crippen molar-refractivity contribution in [2.45, 2.75) is 25.7 Å². The number of nitrogens with zero attached hydrogens (tertiary/aromatic N) is 3. The van der Waals surface area contributed by atoms with Crippen LogP contribution in [0.2, 0.25) is 0 Å². The summed E-state index contributed by atoms with van der Waals surface area (Å²) in [6.07, 6.45) is 5.23. The second kappa shape index (κ2) is 6.43. The van der Waals surface area contributed by atoms with Crippen molar-refractivity contribution in [2.75, 3.05) is 37.6 Å². The van der Waals surface area contributed by atoms with E-state index in [2.05, 4.69) is 14.8 Å². The highest BCUT2D eigenvalue weighted by Crippen LogP contribution is 2.24. The van der Waals surface area contributed by atoms with Gasteiger partial charge in [0.05, 0.1) is 0 Å². The molecule has 3 N–H and O–H groups in total. The molecule has 0 aliphatic carbocycles. The minimum atomic E-state index is 0.0424. The fourth-order valence-corrected chi connectivity index (χ4v) is 3.42. The molecule has 0 unspecified atom stereocenters. The average molecular weight is 287 g/mol. The van der Waals surface area contributed by atoms with Crippen molar-refractivity contribution < 1.29 is 0 Å². The monoisotopic (exact) mass is 287 g/mol. The number of amidine groups is 1. The predicted molar refractivity (Wildman–Crippen MR) is 85.9 cm³/mol. The van der Waals surface area contributed by atoms with E-state index < -0.39 is 0 Å². The molecular weight excluding hydrogens is 262 g/mol. The van der Waals surface area contributed by atoms with Gasteiger partial charge in [0.1, 0.15) is 17.3 Å². The number of piperidine rings is 1. The lowest BCUT2D eigenvalue weighted by molar-refractivity contribution is 0.249. The van der Waals surface area contributed by atoms with Crippen molar-refractivity contribution in [1.82, 2.24) is 9.88 Å². The van der Waals surface area contributed by atoms with E-state index in [0.717, 1.165) is 24.8 Å². The Morgan fingerprint density at radius 1 is 1.19 bits per heavy atom. The third kappa shape index (κ3) is 3.53. The van der Waals surface area contributed by atoms with Crippen LogP contribution < -0.4 is 10.6 Å². The second-order valence-corrected chi connectivity index (χ2v) is 6.23.